The summed E-state index contributed by atoms with van der Waals surface area (Å²) in [6.07, 6.45) is 5.43. The number of furan rings is 1. The second-order valence-electron chi connectivity index (χ2n) is 4.86. The van der Waals surface area contributed by atoms with Crippen molar-refractivity contribution < 1.29 is 13.9 Å². The Balaban J connectivity index is 1.93. The van der Waals surface area contributed by atoms with Gasteiger partial charge < -0.3 is 13.7 Å². The first kappa shape index (κ1) is 15.4. The largest absolute Gasteiger partial charge is 0.467 e. The molecule has 3 rings (SSSR count). The Labute approximate surface area is 138 Å². The summed E-state index contributed by atoms with van der Waals surface area (Å²) in [4.78, 5) is 16.4. The minimum Gasteiger partial charge on any atom is -0.467 e. The number of aromatic nitrogens is 2. The Bertz CT molecular complexity index is 808. The molecule has 0 aliphatic rings. The molecule has 1 aromatic carbocycles. The van der Waals surface area contributed by atoms with E-state index in [0.717, 1.165) is 16.4 Å². The van der Waals surface area contributed by atoms with Crippen molar-refractivity contribution in [2.24, 2.45) is 0 Å². The second kappa shape index (κ2) is 6.75. The molecule has 0 bridgehead atoms. The van der Waals surface area contributed by atoms with Gasteiger partial charge in [0.1, 0.15) is 11.3 Å². The van der Waals surface area contributed by atoms with Crippen LogP contribution in [0.1, 0.15) is 16.1 Å². The maximum Gasteiger partial charge on any atom is 0.341 e. The van der Waals surface area contributed by atoms with Gasteiger partial charge in [-0.15, -0.1) is 0 Å². The lowest BCUT2D eigenvalue weighted by Gasteiger charge is -2.05. The fraction of sp³-hybridized carbons (Fsp3) is 0.176. The van der Waals surface area contributed by atoms with E-state index in [0.29, 0.717) is 17.9 Å². The van der Waals surface area contributed by atoms with Crippen LogP contribution in [0.4, 0.5) is 0 Å². The molecule has 0 amide bonds. The van der Waals surface area contributed by atoms with Crippen LogP contribution in [0.2, 0.25) is 0 Å². The molecule has 5 nitrogen and oxygen atoms in total. The van der Waals surface area contributed by atoms with Gasteiger partial charge in [-0.2, -0.15) is 0 Å². The van der Waals surface area contributed by atoms with Crippen molar-refractivity contribution in [3.63, 3.8) is 0 Å². The van der Waals surface area contributed by atoms with Gasteiger partial charge in [0.2, 0.25) is 0 Å². The van der Waals surface area contributed by atoms with Crippen LogP contribution in [0.25, 0.3) is 11.3 Å². The number of benzene rings is 1. The monoisotopic (exact) mass is 328 g/mol. The van der Waals surface area contributed by atoms with Crippen LogP contribution in [0.15, 0.2) is 58.4 Å². The van der Waals surface area contributed by atoms with Gasteiger partial charge in [0.15, 0.2) is 5.16 Å². The van der Waals surface area contributed by atoms with Gasteiger partial charge in [-0.25, -0.2) is 9.78 Å². The number of carbonyl (C=O) groups is 1. The maximum atomic E-state index is 11.8. The Morgan fingerprint density at radius 2 is 2.09 bits per heavy atom. The van der Waals surface area contributed by atoms with Crippen molar-refractivity contribution in [3.05, 3.63) is 60.2 Å². The van der Waals surface area contributed by atoms with Crippen LogP contribution in [0.3, 0.4) is 0 Å². The molecule has 0 saturated heterocycles. The number of esters is 1. The Morgan fingerprint density at radius 3 is 2.78 bits per heavy atom. The Kier molecular flexibility index (Phi) is 4.52. The third kappa shape index (κ3) is 3.17. The first-order valence-corrected chi connectivity index (χ1v) is 8.26. The zero-order valence-electron chi connectivity index (χ0n) is 12.9. The van der Waals surface area contributed by atoms with E-state index in [1.807, 2.05) is 47.4 Å². The van der Waals surface area contributed by atoms with Crippen molar-refractivity contribution in [1.29, 1.82) is 0 Å². The summed E-state index contributed by atoms with van der Waals surface area (Å²) < 4.78 is 12.2. The van der Waals surface area contributed by atoms with Gasteiger partial charge in [-0.05, 0) is 12.3 Å². The SMILES string of the molecule is COC(=O)c1ccoc1Cn1cc(-c2ccccc2)nc1SC. The first-order chi connectivity index (χ1) is 11.2. The number of methoxy groups -OCH3 is 1. The van der Waals surface area contributed by atoms with Gasteiger partial charge in [0, 0.05) is 11.8 Å². The minimum atomic E-state index is -0.400. The van der Waals surface area contributed by atoms with Crippen LogP contribution in [-0.4, -0.2) is 28.9 Å². The van der Waals surface area contributed by atoms with E-state index in [2.05, 4.69) is 4.98 Å². The zero-order chi connectivity index (χ0) is 16.2. The highest BCUT2D eigenvalue weighted by Gasteiger charge is 2.17. The van der Waals surface area contributed by atoms with Crippen molar-refractivity contribution in [3.8, 4) is 11.3 Å². The fourth-order valence-electron chi connectivity index (χ4n) is 2.33. The molecule has 2 aromatic heterocycles. The van der Waals surface area contributed by atoms with Gasteiger partial charge in [0.05, 0.1) is 25.6 Å². The molecule has 6 heteroatoms. The predicted octanol–water partition coefficient (Wildman–Crippen LogP) is 3.70. The minimum absolute atomic E-state index is 0.400. The van der Waals surface area contributed by atoms with E-state index >= 15 is 0 Å². The van der Waals surface area contributed by atoms with Gasteiger partial charge in [-0.1, -0.05) is 42.1 Å². The molecular weight excluding hydrogens is 312 g/mol. The summed E-state index contributed by atoms with van der Waals surface area (Å²) in [5, 5.41) is 0.857. The summed E-state index contributed by atoms with van der Waals surface area (Å²) in [5.74, 6) is 0.159. The number of imidazole rings is 1. The van der Waals surface area contributed by atoms with Crippen molar-refractivity contribution in [2.45, 2.75) is 11.7 Å². The van der Waals surface area contributed by atoms with Crippen molar-refractivity contribution in [2.75, 3.05) is 13.4 Å². The second-order valence-corrected chi connectivity index (χ2v) is 5.63. The molecule has 0 saturated carbocycles. The van der Waals surface area contributed by atoms with Crippen LogP contribution in [-0.2, 0) is 11.3 Å². The van der Waals surface area contributed by atoms with E-state index in [-0.39, 0.29) is 0 Å². The lowest BCUT2D eigenvalue weighted by molar-refractivity contribution is 0.0598. The molecule has 0 atom stereocenters. The van der Waals surface area contributed by atoms with E-state index in [4.69, 9.17) is 9.15 Å². The fourth-order valence-corrected chi connectivity index (χ4v) is 2.87. The van der Waals surface area contributed by atoms with E-state index in [1.54, 1.807) is 17.8 Å². The molecule has 0 unspecified atom stereocenters. The third-order valence-corrected chi connectivity index (χ3v) is 4.15. The maximum absolute atomic E-state index is 11.8. The third-order valence-electron chi connectivity index (χ3n) is 3.46. The van der Waals surface area contributed by atoms with Crippen LogP contribution >= 0.6 is 11.8 Å². The Morgan fingerprint density at radius 1 is 1.30 bits per heavy atom. The molecule has 0 aliphatic heterocycles. The molecule has 23 heavy (non-hydrogen) atoms. The molecule has 0 aliphatic carbocycles. The van der Waals surface area contributed by atoms with Crippen LogP contribution in [0, 0.1) is 0 Å². The molecule has 0 fully saturated rings. The number of hydrogen-bond donors (Lipinski definition) is 0. The predicted molar refractivity (Wildman–Crippen MR) is 88.6 cm³/mol. The highest BCUT2D eigenvalue weighted by atomic mass is 32.2. The lowest BCUT2D eigenvalue weighted by atomic mass is 10.2. The van der Waals surface area contributed by atoms with Crippen molar-refractivity contribution >= 4 is 17.7 Å². The number of carbonyl (C=O) groups excluding carboxylic acids is 1. The smallest absolute Gasteiger partial charge is 0.341 e. The molecule has 0 N–H and O–H groups in total. The average molecular weight is 328 g/mol. The standard InChI is InChI=1S/C17H16N2O3S/c1-21-16(20)13-8-9-22-15(13)11-19-10-14(18-17(19)23-2)12-6-4-3-5-7-12/h3-10H,11H2,1-2H3. The summed E-state index contributed by atoms with van der Waals surface area (Å²) in [6, 6.07) is 11.6. The number of thioether (sulfide) groups is 1. The molecule has 3 aromatic rings. The van der Waals surface area contributed by atoms with Crippen molar-refractivity contribution in [1.82, 2.24) is 9.55 Å². The highest BCUT2D eigenvalue weighted by Crippen LogP contribution is 2.24. The number of hydrogen-bond acceptors (Lipinski definition) is 5. The Hall–Kier alpha value is -2.47. The number of nitrogens with zero attached hydrogens (tertiary/aromatic N) is 2. The summed E-state index contributed by atoms with van der Waals surface area (Å²) in [5.41, 5.74) is 2.38. The lowest BCUT2D eigenvalue weighted by Crippen LogP contribution is -2.07. The summed E-state index contributed by atoms with van der Waals surface area (Å²) in [7, 11) is 1.36. The summed E-state index contributed by atoms with van der Waals surface area (Å²) >= 11 is 1.55. The molecule has 2 heterocycles. The van der Waals surface area contributed by atoms with Gasteiger partial charge in [0.25, 0.3) is 0 Å². The van der Waals surface area contributed by atoms with E-state index in [1.165, 1.54) is 13.4 Å². The molecule has 0 radical (unpaired) electrons. The zero-order valence-corrected chi connectivity index (χ0v) is 13.7. The van der Waals surface area contributed by atoms with E-state index in [9.17, 15) is 4.79 Å². The molecular formula is C17H16N2O3S. The first-order valence-electron chi connectivity index (χ1n) is 7.04. The molecule has 118 valence electrons. The summed E-state index contributed by atoms with van der Waals surface area (Å²) in [6.45, 7) is 0.424. The van der Waals surface area contributed by atoms with Gasteiger partial charge in [-0.3, -0.25) is 0 Å². The topological polar surface area (TPSA) is 57.3 Å². The van der Waals surface area contributed by atoms with Gasteiger partial charge >= 0.3 is 5.97 Å². The molecule has 0 spiro atoms. The van der Waals surface area contributed by atoms with Crippen LogP contribution in [0.5, 0.6) is 0 Å². The highest BCUT2D eigenvalue weighted by molar-refractivity contribution is 7.98. The quantitative estimate of drug-likeness (QED) is 0.528. The number of rotatable bonds is 5. The number of ether oxygens (including phenoxy) is 1. The van der Waals surface area contributed by atoms with E-state index < -0.39 is 5.97 Å². The normalized spacial score (nSPS) is 10.7. The average Bonchev–Trinajstić information content (AvgIpc) is 3.22. The van der Waals surface area contributed by atoms with Crippen LogP contribution < -0.4 is 0 Å².